The summed E-state index contributed by atoms with van der Waals surface area (Å²) in [5.74, 6) is -0.468. The first-order valence-electron chi connectivity index (χ1n) is 8.09. The fourth-order valence-corrected chi connectivity index (χ4v) is 3.42. The van der Waals surface area contributed by atoms with Crippen molar-refractivity contribution in [1.82, 2.24) is 0 Å². The van der Waals surface area contributed by atoms with Crippen LogP contribution in [0.4, 0.5) is 5.69 Å². The number of benzene rings is 3. The molecule has 0 spiro atoms. The van der Waals surface area contributed by atoms with Gasteiger partial charge in [-0.3, -0.25) is 10.1 Å². The number of hydrogen-bond donors (Lipinski definition) is 2. The maximum Gasteiger partial charge on any atom is 0.315 e. The molecule has 28 heavy (non-hydrogen) atoms. The van der Waals surface area contributed by atoms with Crippen LogP contribution in [0.3, 0.4) is 0 Å². The Morgan fingerprint density at radius 2 is 1.64 bits per heavy atom. The Labute approximate surface area is 169 Å². The summed E-state index contributed by atoms with van der Waals surface area (Å²) in [6.07, 6.45) is 0. The number of ether oxygens (including phenoxy) is 2. The standard InChI is InChI=1S/C20H16BrNO6/c1-27-16-9-12(8-14(21)18(16)23)13-10-15(22(25)26)19(24)20(28-2)17(13)11-6-4-3-5-7-11/h3-10,23-24H,1-2H3. The average Bonchev–Trinajstić information content (AvgIpc) is 2.69. The first-order chi connectivity index (χ1) is 13.4. The van der Waals surface area contributed by atoms with E-state index in [0.717, 1.165) is 0 Å². The number of aromatic hydroxyl groups is 2. The predicted octanol–water partition coefficient (Wildman–Crippen LogP) is 5.12. The second-order valence-corrected chi connectivity index (χ2v) is 6.69. The molecule has 7 nitrogen and oxygen atoms in total. The van der Waals surface area contributed by atoms with E-state index in [4.69, 9.17) is 9.47 Å². The van der Waals surface area contributed by atoms with Crippen molar-refractivity contribution in [2.24, 2.45) is 0 Å². The van der Waals surface area contributed by atoms with Gasteiger partial charge in [-0.2, -0.15) is 0 Å². The summed E-state index contributed by atoms with van der Waals surface area (Å²) in [6, 6.07) is 13.5. The van der Waals surface area contributed by atoms with E-state index in [-0.39, 0.29) is 17.2 Å². The van der Waals surface area contributed by atoms with E-state index >= 15 is 0 Å². The summed E-state index contributed by atoms with van der Waals surface area (Å²) < 4.78 is 10.9. The largest absolute Gasteiger partial charge is 0.503 e. The van der Waals surface area contributed by atoms with Crippen molar-refractivity contribution in [2.45, 2.75) is 0 Å². The molecule has 3 rings (SSSR count). The van der Waals surface area contributed by atoms with Crippen molar-refractivity contribution in [3.8, 4) is 45.3 Å². The monoisotopic (exact) mass is 445 g/mol. The van der Waals surface area contributed by atoms with Crippen LogP contribution in [0.25, 0.3) is 22.3 Å². The highest BCUT2D eigenvalue weighted by Gasteiger charge is 2.27. The topological polar surface area (TPSA) is 102 Å². The van der Waals surface area contributed by atoms with E-state index in [1.807, 2.05) is 18.2 Å². The molecule has 0 saturated carbocycles. The minimum atomic E-state index is -0.678. The van der Waals surface area contributed by atoms with Crippen molar-refractivity contribution in [3.05, 3.63) is 63.1 Å². The quantitative estimate of drug-likeness (QED) is 0.417. The van der Waals surface area contributed by atoms with E-state index < -0.39 is 16.4 Å². The highest BCUT2D eigenvalue weighted by molar-refractivity contribution is 9.10. The average molecular weight is 446 g/mol. The molecule has 8 heteroatoms. The smallest absolute Gasteiger partial charge is 0.315 e. The van der Waals surface area contributed by atoms with E-state index in [0.29, 0.717) is 26.7 Å². The van der Waals surface area contributed by atoms with Crippen LogP contribution in [0, 0.1) is 10.1 Å². The number of halogens is 1. The fourth-order valence-electron chi connectivity index (χ4n) is 2.98. The third kappa shape index (κ3) is 3.34. The number of phenolic OH excluding ortho intramolecular Hbond substituents is 2. The molecule has 0 aromatic heterocycles. The van der Waals surface area contributed by atoms with Crippen LogP contribution in [0.5, 0.6) is 23.0 Å². The zero-order valence-electron chi connectivity index (χ0n) is 15.0. The molecule has 0 saturated heterocycles. The van der Waals surface area contributed by atoms with Gasteiger partial charge in [0.05, 0.1) is 23.6 Å². The first-order valence-corrected chi connectivity index (χ1v) is 8.89. The van der Waals surface area contributed by atoms with Gasteiger partial charge >= 0.3 is 5.69 Å². The summed E-state index contributed by atoms with van der Waals surface area (Å²) in [7, 11) is 2.74. The van der Waals surface area contributed by atoms with Gasteiger partial charge in [0.25, 0.3) is 0 Å². The maximum atomic E-state index is 11.5. The zero-order chi connectivity index (χ0) is 20.4. The van der Waals surface area contributed by atoms with E-state index in [2.05, 4.69) is 15.9 Å². The van der Waals surface area contributed by atoms with Gasteiger partial charge in [0.1, 0.15) is 0 Å². The fraction of sp³-hybridized carbons (Fsp3) is 0.100. The predicted molar refractivity (Wildman–Crippen MR) is 108 cm³/mol. The van der Waals surface area contributed by atoms with Crippen LogP contribution in [-0.2, 0) is 0 Å². The zero-order valence-corrected chi connectivity index (χ0v) is 16.6. The number of hydrogen-bond acceptors (Lipinski definition) is 6. The molecule has 2 N–H and O–H groups in total. The minimum Gasteiger partial charge on any atom is -0.503 e. The lowest BCUT2D eigenvalue weighted by molar-refractivity contribution is -0.385. The third-order valence-electron chi connectivity index (χ3n) is 4.26. The van der Waals surface area contributed by atoms with E-state index in [9.17, 15) is 20.3 Å². The lowest BCUT2D eigenvalue weighted by atomic mass is 9.92. The van der Waals surface area contributed by atoms with Gasteiger partial charge < -0.3 is 19.7 Å². The van der Waals surface area contributed by atoms with E-state index in [1.165, 1.54) is 20.3 Å². The number of phenols is 2. The highest BCUT2D eigenvalue weighted by Crippen LogP contribution is 2.50. The minimum absolute atomic E-state index is 0.0152. The number of methoxy groups -OCH3 is 2. The Kier molecular flexibility index (Phi) is 5.41. The van der Waals surface area contributed by atoms with Crippen molar-refractivity contribution in [3.63, 3.8) is 0 Å². The molecule has 0 heterocycles. The molecule has 3 aromatic carbocycles. The summed E-state index contributed by atoms with van der Waals surface area (Å²) in [4.78, 5) is 10.8. The van der Waals surface area contributed by atoms with Gasteiger partial charge in [-0.15, -0.1) is 0 Å². The van der Waals surface area contributed by atoms with Crippen LogP contribution in [0.15, 0.2) is 53.0 Å². The Hall–Kier alpha value is -3.26. The van der Waals surface area contributed by atoms with Crippen LogP contribution in [-0.4, -0.2) is 29.4 Å². The van der Waals surface area contributed by atoms with Crippen LogP contribution >= 0.6 is 15.9 Å². The van der Waals surface area contributed by atoms with Crippen LogP contribution in [0.1, 0.15) is 0 Å². The second kappa shape index (κ2) is 7.77. The van der Waals surface area contributed by atoms with Crippen molar-refractivity contribution < 1.29 is 24.6 Å². The summed E-state index contributed by atoms with van der Waals surface area (Å²) in [6.45, 7) is 0. The molecule has 0 atom stereocenters. The lowest BCUT2D eigenvalue weighted by Crippen LogP contribution is -1.98. The van der Waals surface area contributed by atoms with Gasteiger partial charge in [0, 0.05) is 17.2 Å². The molecular formula is C20H16BrNO6. The number of rotatable bonds is 5. The van der Waals surface area contributed by atoms with Crippen LogP contribution < -0.4 is 9.47 Å². The second-order valence-electron chi connectivity index (χ2n) is 5.83. The summed E-state index contributed by atoms with van der Waals surface area (Å²) in [5, 5.41) is 32.0. The SMILES string of the molecule is COc1cc(-c2cc([N+](=O)[O-])c(O)c(OC)c2-c2ccccc2)cc(Br)c1O. The van der Waals surface area contributed by atoms with Crippen LogP contribution in [0.2, 0.25) is 0 Å². The number of nitro benzene ring substituents is 1. The maximum absolute atomic E-state index is 11.5. The molecule has 0 radical (unpaired) electrons. The molecule has 0 aliphatic heterocycles. The molecule has 144 valence electrons. The Morgan fingerprint density at radius 3 is 2.21 bits per heavy atom. The Balaban J connectivity index is 2.44. The normalized spacial score (nSPS) is 10.5. The molecular weight excluding hydrogens is 430 g/mol. The molecule has 3 aromatic rings. The highest BCUT2D eigenvalue weighted by atomic mass is 79.9. The lowest BCUT2D eigenvalue weighted by Gasteiger charge is -2.17. The van der Waals surface area contributed by atoms with Crippen molar-refractivity contribution in [2.75, 3.05) is 14.2 Å². The van der Waals surface area contributed by atoms with Gasteiger partial charge in [0.15, 0.2) is 17.2 Å². The number of nitro groups is 1. The summed E-state index contributed by atoms with van der Waals surface area (Å²) >= 11 is 3.27. The molecule has 0 unspecified atom stereocenters. The van der Waals surface area contributed by atoms with Gasteiger partial charge in [-0.25, -0.2) is 0 Å². The molecule has 0 aliphatic rings. The molecule has 0 amide bonds. The van der Waals surface area contributed by atoms with Crippen molar-refractivity contribution in [1.29, 1.82) is 0 Å². The van der Waals surface area contributed by atoms with E-state index in [1.54, 1.807) is 24.3 Å². The van der Waals surface area contributed by atoms with Gasteiger partial charge in [0.2, 0.25) is 5.75 Å². The molecule has 0 bridgehead atoms. The van der Waals surface area contributed by atoms with Gasteiger partial charge in [-0.1, -0.05) is 30.3 Å². The molecule has 0 fully saturated rings. The van der Waals surface area contributed by atoms with Crippen molar-refractivity contribution >= 4 is 21.6 Å². The number of nitrogens with zero attached hydrogens (tertiary/aromatic N) is 1. The summed E-state index contributed by atoms with van der Waals surface area (Å²) in [5.41, 5.74) is 1.65. The Bertz CT molecular complexity index is 1050. The Morgan fingerprint density at radius 1 is 0.964 bits per heavy atom. The molecule has 0 aliphatic carbocycles. The third-order valence-corrected chi connectivity index (χ3v) is 4.86. The van der Waals surface area contributed by atoms with Gasteiger partial charge in [-0.05, 0) is 39.2 Å². The first kappa shape index (κ1) is 19.5.